The van der Waals surface area contributed by atoms with Gasteiger partial charge in [-0.3, -0.25) is 9.59 Å². The van der Waals surface area contributed by atoms with Crippen LogP contribution in [0.5, 0.6) is 0 Å². The summed E-state index contributed by atoms with van der Waals surface area (Å²) in [5, 5.41) is 11.6. The lowest BCUT2D eigenvalue weighted by molar-refractivity contribution is -0.889. The Morgan fingerprint density at radius 1 is 0.534 bits per heavy atom. The van der Waals surface area contributed by atoms with Crippen LogP contribution in [0.3, 0.4) is 0 Å². The van der Waals surface area contributed by atoms with E-state index in [1.54, 1.807) is 21.1 Å². The van der Waals surface area contributed by atoms with Gasteiger partial charge in [-0.25, -0.2) is 0 Å². The minimum absolute atomic E-state index is 0.0317. The van der Waals surface area contributed by atoms with E-state index < -0.39 is 18.1 Å². The zero-order chi connectivity index (χ0) is 42.8. The molecule has 0 saturated carbocycles. The van der Waals surface area contributed by atoms with E-state index in [1.165, 1.54) is 89.9 Å². The number of quaternary nitrogens is 1. The lowest BCUT2D eigenvalue weighted by Crippen LogP contribution is -2.55. The van der Waals surface area contributed by atoms with Crippen LogP contribution < -0.4 is 5.11 Å². The molecule has 0 heterocycles. The largest absolute Gasteiger partial charge is 0.544 e. The lowest BCUT2D eigenvalue weighted by atomic mass is 10.0. The predicted molar refractivity (Wildman–Crippen MR) is 240 cm³/mol. The molecule has 0 aliphatic carbocycles. The van der Waals surface area contributed by atoms with Gasteiger partial charge in [-0.15, -0.1) is 0 Å². The van der Waals surface area contributed by atoms with Gasteiger partial charge in [0, 0.05) is 19.3 Å². The van der Waals surface area contributed by atoms with Crippen molar-refractivity contribution < 1.29 is 38.2 Å². The molecule has 0 aromatic rings. The van der Waals surface area contributed by atoms with E-state index in [9.17, 15) is 19.5 Å². The lowest BCUT2D eigenvalue weighted by Gasteiger charge is -2.34. The number of carboxylic acid groups (broad SMARTS) is 1. The fraction of sp³-hybridized carbons (Fsp3) is 0.780. The second-order valence-electron chi connectivity index (χ2n) is 17.0. The molecule has 0 spiro atoms. The Bertz CT molecular complexity index is 1090. The first kappa shape index (κ1) is 55.3. The Hall–Kier alpha value is -2.71. The number of hydrogen-bond acceptors (Lipinski definition) is 7. The SMILES string of the molecule is CC/C=C\C/C=C\C/C=C\C/C=C\CCCCCCC(=O)OC(COCCC(C(=O)[O-])[N+](C)(C)C)COC(=O)CCCCCCCCCCCCCCCCCCC. The molecule has 0 aromatic heterocycles. The fourth-order valence-electron chi connectivity index (χ4n) is 6.83. The third-order valence-corrected chi connectivity index (χ3v) is 10.5. The molecule has 0 rings (SSSR count). The highest BCUT2D eigenvalue weighted by atomic mass is 16.6. The third kappa shape index (κ3) is 38.8. The molecule has 0 N–H and O–H groups in total. The molecule has 58 heavy (non-hydrogen) atoms. The van der Waals surface area contributed by atoms with Crippen molar-refractivity contribution in [3.63, 3.8) is 0 Å². The van der Waals surface area contributed by atoms with E-state index >= 15 is 0 Å². The van der Waals surface area contributed by atoms with Crippen LogP contribution in [0.1, 0.15) is 200 Å². The molecule has 0 bridgehead atoms. The first-order valence-electron chi connectivity index (χ1n) is 23.7. The van der Waals surface area contributed by atoms with Crippen LogP contribution in [0.4, 0.5) is 0 Å². The summed E-state index contributed by atoms with van der Waals surface area (Å²) >= 11 is 0. The Kier molecular flexibility index (Phi) is 39.1. The summed E-state index contributed by atoms with van der Waals surface area (Å²) in [6, 6.07) is -0.730. The third-order valence-electron chi connectivity index (χ3n) is 10.5. The molecule has 0 amide bonds. The van der Waals surface area contributed by atoms with Crippen molar-refractivity contribution in [2.24, 2.45) is 0 Å². The second-order valence-corrected chi connectivity index (χ2v) is 17.0. The number of rotatable bonds is 42. The van der Waals surface area contributed by atoms with Gasteiger partial charge < -0.3 is 28.6 Å². The van der Waals surface area contributed by atoms with Gasteiger partial charge in [-0.2, -0.15) is 0 Å². The average molecular weight is 816 g/mol. The zero-order valence-corrected chi connectivity index (χ0v) is 38.2. The number of carboxylic acids is 1. The quantitative estimate of drug-likeness (QED) is 0.0262. The number of ether oxygens (including phenoxy) is 3. The molecule has 0 fully saturated rings. The Morgan fingerprint density at radius 2 is 0.966 bits per heavy atom. The Balaban J connectivity index is 4.33. The van der Waals surface area contributed by atoms with Crippen LogP contribution in [0.25, 0.3) is 0 Å². The number of likely N-dealkylation sites (N-methyl/N-ethyl adjacent to an activating group) is 1. The molecule has 2 unspecified atom stereocenters. The molecule has 0 aliphatic rings. The number of nitrogens with zero attached hydrogens (tertiary/aromatic N) is 1. The number of carbonyl (C=O) groups is 3. The van der Waals surface area contributed by atoms with Gasteiger partial charge in [0.05, 0.1) is 40.3 Å². The number of aliphatic carboxylic acids is 1. The van der Waals surface area contributed by atoms with E-state index in [0.29, 0.717) is 12.8 Å². The van der Waals surface area contributed by atoms with Crippen molar-refractivity contribution in [2.75, 3.05) is 41.0 Å². The summed E-state index contributed by atoms with van der Waals surface area (Å²) in [6.45, 7) is 4.54. The standard InChI is InChI=1S/C50H89NO7/c1-6-8-10-12-14-16-18-20-22-24-26-28-30-32-34-36-38-40-48(52)57-45-46(44-56-43-42-47(50(54)55)51(3,4)5)58-49(53)41-39-37-35-33-31-29-27-25-23-21-19-17-15-13-11-9-7-2/h9,11,15,17,21,23,27,29,46-47H,6-8,10,12-14,16,18-20,22,24-26,28,30-45H2,1-5H3/b11-9-,17-15-,23-21-,29-27-. The summed E-state index contributed by atoms with van der Waals surface area (Å²) < 4.78 is 17.2. The van der Waals surface area contributed by atoms with Gasteiger partial charge in [-0.05, 0) is 51.4 Å². The van der Waals surface area contributed by atoms with Crippen molar-refractivity contribution >= 4 is 17.9 Å². The highest BCUT2D eigenvalue weighted by molar-refractivity contribution is 5.70. The van der Waals surface area contributed by atoms with E-state index in [1.807, 2.05) is 0 Å². The molecule has 8 nitrogen and oxygen atoms in total. The topological polar surface area (TPSA) is 102 Å². The van der Waals surface area contributed by atoms with Crippen LogP contribution >= 0.6 is 0 Å². The van der Waals surface area contributed by atoms with Gasteiger partial charge in [-0.1, -0.05) is 178 Å². The fourth-order valence-corrected chi connectivity index (χ4v) is 6.83. The van der Waals surface area contributed by atoms with E-state index in [-0.39, 0.29) is 42.7 Å². The van der Waals surface area contributed by atoms with Crippen LogP contribution in [0.2, 0.25) is 0 Å². The number of esters is 2. The van der Waals surface area contributed by atoms with Gasteiger partial charge >= 0.3 is 11.9 Å². The first-order chi connectivity index (χ1) is 28.1. The van der Waals surface area contributed by atoms with Crippen LogP contribution in [-0.2, 0) is 28.6 Å². The molecular weight excluding hydrogens is 727 g/mol. The molecule has 0 radical (unpaired) electrons. The maximum Gasteiger partial charge on any atom is 0.306 e. The van der Waals surface area contributed by atoms with Crippen LogP contribution in [0, 0.1) is 0 Å². The summed E-state index contributed by atoms with van der Waals surface area (Å²) in [4.78, 5) is 36.9. The summed E-state index contributed by atoms with van der Waals surface area (Å²) in [6.07, 6.45) is 48.5. The number of carbonyl (C=O) groups excluding carboxylic acids is 3. The van der Waals surface area contributed by atoms with Crippen molar-refractivity contribution in [1.82, 2.24) is 0 Å². The van der Waals surface area contributed by atoms with E-state index in [2.05, 4.69) is 62.5 Å². The summed E-state index contributed by atoms with van der Waals surface area (Å²) in [5.74, 6) is -1.76. The Labute approximate surface area is 356 Å². The first-order valence-corrected chi connectivity index (χ1v) is 23.7. The van der Waals surface area contributed by atoms with Gasteiger partial charge in [0.2, 0.25) is 0 Å². The van der Waals surface area contributed by atoms with Gasteiger partial charge in [0.1, 0.15) is 12.6 Å². The van der Waals surface area contributed by atoms with Crippen LogP contribution in [-0.4, -0.2) is 75.5 Å². The average Bonchev–Trinajstić information content (AvgIpc) is 3.18. The second kappa shape index (κ2) is 41.0. The molecule has 0 aliphatic heterocycles. The number of allylic oxidation sites excluding steroid dienone is 8. The molecule has 2 atom stereocenters. The normalized spacial score (nSPS) is 13.3. The number of hydrogen-bond donors (Lipinski definition) is 0. The van der Waals surface area contributed by atoms with Crippen molar-refractivity contribution in [3.05, 3.63) is 48.6 Å². The van der Waals surface area contributed by atoms with Gasteiger partial charge in [0.15, 0.2) is 6.10 Å². The molecule has 0 aromatic carbocycles. The monoisotopic (exact) mass is 816 g/mol. The van der Waals surface area contributed by atoms with Crippen molar-refractivity contribution in [3.8, 4) is 0 Å². The summed E-state index contributed by atoms with van der Waals surface area (Å²) in [5.41, 5.74) is 0. The maximum atomic E-state index is 12.7. The van der Waals surface area contributed by atoms with E-state index in [4.69, 9.17) is 14.2 Å². The minimum atomic E-state index is -1.13. The molecular formula is C50H89NO7. The van der Waals surface area contributed by atoms with E-state index in [0.717, 1.165) is 77.0 Å². The van der Waals surface area contributed by atoms with Crippen molar-refractivity contribution in [2.45, 2.75) is 212 Å². The van der Waals surface area contributed by atoms with Crippen molar-refractivity contribution in [1.29, 1.82) is 0 Å². The van der Waals surface area contributed by atoms with Crippen LogP contribution in [0.15, 0.2) is 48.6 Å². The minimum Gasteiger partial charge on any atom is -0.544 e. The molecule has 336 valence electrons. The zero-order valence-electron chi connectivity index (χ0n) is 38.2. The highest BCUT2D eigenvalue weighted by Gasteiger charge is 2.25. The summed E-state index contributed by atoms with van der Waals surface area (Å²) in [7, 11) is 5.40. The highest BCUT2D eigenvalue weighted by Crippen LogP contribution is 2.15. The molecule has 8 heteroatoms. The maximum absolute atomic E-state index is 12.7. The smallest absolute Gasteiger partial charge is 0.306 e. The molecule has 0 saturated heterocycles. The Morgan fingerprint density at radius 3 is 1.43 bits per heavy atom. The predicted octanol–water partition coefficient (Wildman–Crippen LogP) is 11.9. The number of unbranched alkanes of at least 4 members (excludes halogenated alkanes) is 20. The van der Waals surface area contributed by atoms with Gasteiger partial charge in [0.25, 0.3) is 0 Å².